The fourth-order valence-electron chi connectivity index (χ4n) is 5.39. The van der Waals surface area contributed by atoms with E-state index in [1.807, 2.05) is 29.1 Å². The number of hydrogen-bond donors (Lipinski definition) is 2. The summed E-state index contributed by atoms with van der Waals surface area (Å²) in [5.74, 6) is -0.731. The first kappa shape index (κ1) is 29.7. The van der Waals surface area contributed by atoms with Crippen LogP contribution in [0.25, 0.3) is 21.8 Å². The van der Waals surface area contributed by atoms with Crippen molar-refractivity contribution in [2.24, 2.45) is 5.92 Å². The van der Waals surface area contributed by atoms with Crippen molar-refractivity contribution in [3.63, 3.8) is 0 Å². The summed E-state index contributed by atoms with van der Waals surface area (Å²) in [6.07, 6.45) is 6.85. The molecule has 224 valence electrons. The number of nitrogens with one attached hydrogen (secondary N) is 1. The molecule has 4 heterocycles. The van der Waals surface area contributed by atoms with Crippen LogP contribution >= 0.6 is 0 Å². The van der Waals surface area contributed by atoms with E-state index >= 15 is 0 Å². The van der Waals surface area contributed by atoms with Gasteiger partial charge in [-0.25, -0.2) is 9.67 Å². The van der Waals surface area contributed by atoms with Crippen molar-refractivity contribution in [1.82, 2.24) is 29.4 Å². The second-order valence-electron chi connectivity index (χ2n) is 12.9. The molecule has 3 N–H and O–H groups in total. The van der Waals surface area contributed by atoms with Crippen LogP contribution in [0.3, 0.4) is 0 Å². The highest BCUT2D eigenvalue weighted by Gasteiger charge is 2.35. The van der Waals surface area contributed by atoms with E-state index in [9.17, 15) is 9.59 Å². The minimum Gasteiger partial charge on any atom is -0.383 e. The predicted octanol–water partition coefficient (Wildman–Crippen LogP) is 5.19. The molecule has 2 atom stereocenters. The monoisotopic (exact) mass is 590 g/mol. The fourth-order valence-corrected chi connectivity index (χ4v) is 6.15. The van der Waals surface area contributed by atoms with E-state index in [1.54, 1.807) is 15.8 Å². The van der Waals surface area contributed by atoms with Crippen LogP contribution in [0, 0.1) is 5.92 Å². The summed E-state index contributed by atoms with van der Waals surface area (Å²) in [5.41, 5.74) is 8.92. The Morgan fingerprint density at radius 3 is 2.71 bits per heavy atom. The van der Waals surface area contributed by atoms with Crippen LogP contribution in [-0.4, -0.2) is 62.5 Å². The Morgan fingerprint density at radius 2 is 1.98 bits per heavy atom. The molecule has 42 heavy (non-hydrogen) atoms. The number of rotatable bonds is 8. The average Bonchev–Trinajstić information content (AvgIpc) is 3.56. The molecule has 1 aliphatic rings. The zero-order chi connectivity index (χ0) is 30.2. The first-order valence-corrected chi connectivity index (χ1v) is 18.4. The standard InChI is InChI=1S/C30H42N8O3Si/c1-19(2)37-17-22-9-8-21(13-24(22)35-37)26-10-7-20(3)16-36(26)30(40)29(39)34-25-15-32-28(31)23-14-33-38(27(23)25)18-41-11-12-42(4,5)6/h8-9,13-15,17,19-20,26H,7,10-12,16,18H2,1-6H3,(H2,31,32)(H,34,39)/t20-,26+/m1/s1. The van der Waals surface area contributed by atoms with Gasteiger partial charge in [-0.05, 0) is 50.3 Å². The van der Waals surface area contributed by atoms with Crippen LogP contribution in [-0.2, 0) is 21.1 Å². The van der Waals surface area contributed by atoms with E-state index in [0.717, 1.165) is 35.4 Å². The molecule has 1 aromatic carbocycles. The summed E-state index contributed by atoms with van der Waals surface area (Å²) in [6.45, 7) is 14.5. The number of likely N-dealkylation sites (tertiary alicyclic amines) is 1. The van der Waals surface area contributed by atoms with Crippen molar-refractivity contribution < 1.29 is 14.3 Å². The lowest BCUT2D eigenvalue weighted by Crippen LogP contribution is -2.46. The highest BCUT2D eigenvalue weighted by molar-refractivity contribution is 6.76. The van der Waals surface area contributed by atoms with Crippen molar-refractivity contribution in [2.45, 2.75) is 78.1 Å². The summed E-state index contributed by atoms with van der Waals surface area (Å²) < 4.78 is 9.49. The number of benzene rings is 1. The minimum absolute atomic E-state index is 0.203. The number of piperidine rings is 1. The van der Waals surface area contributed by atoms with Gasteiger partial charge in [-0.1, -0.05) is 38.7 Å². The number of fused-ring (bicyclic) bond motifs is 2. The van der Waals surface area contributed by atoms with Gasteiger partial charge >= 0.3 is 11.8 Å². The molecule has 3 aromatic heterocycles. The number of hydrogen-bond acceptors (Lipinski definition) is 7. The number of nitrogens with zero attached hydrogens (tertiary/aromatic N) is 6. The molecule has 0 aliphatic carbocycles. The van der Waals surface area contributed by atoms with E-state index in [4.69, 9.17) is 15.6 Å². The van der Waals surface area contributed by atoms with Crippen molar-refractivity contribution >= 4 is 53.2 Å². The fraction of sp³-hybridized carbons (Fsp3) is 0.500. The molecule has 1 fully saturated rings. The highest BCUT2D eigenvalue weighted by Crippen LogP contribution is 2.35. The van der Waals surface area contributed by atoms with Gasteiger partial charge in [0.25, 0.3) is 0 Å². The van der Waals surface area contributed by atoms with Crippen LogP contribution in [0.2, 0.25) is 25.7 Å². The smallest absolute Gasteiger partial charge is 0.314 e. The number of anilines is 2. The number of nitrogens with two attached hydrogens (primary N) is 1. The highest BCUT2D eigenvalue weighted by atomic mass is 28.3. The van der Waals surface area contributed by atoms with Gasteiger partial charge in [0.2, 0.25) is 0 Å². The summed E-state index contributed by atoms with van der Waals surface area (Å²) in [7, 11) is -1.24. The molecule has 1 saturated heterocycles. The maximum Gasteiger partial charge on any atom is 0.314 e. The molecule has 0 spiro atoms. The van der Waals surface area contributed by atoms with Gasteiger partial charge in [0.15, 0.2) is 0 Å². The van der Waals surface area contributed by atoms with Gasteiger partial charge in [0.05, 0.1) is 40.5 Å². The van der Waals surface area contributed by atoms with Gasteiger partial charge in [-0.3, -0.25) is 14.3 Å². The Hall–Kier alpha value is -3.77. The molecule has 0 bridgehead atoms. The number of amides is 2. The summed E-state index contributed by atoms with van der Waals surface area (Å²) in [6, 6.07) is 7.18. The number of nitrogen functional groups attached to an aromatic ring is 1. The Morgan fingerprint density at radius 1 is 1.19 bits per heavy atom. The molecule has 4 aromatic rings. The number of carbonyl (C=O) groups is 2. The van der Waals surface area contributed by atoms with E-state index < -0.39 is 19.9 Å². The van der Waals surface area contributed by atoms with Crippen LogP contribution in [0.4, 0.5) is 11.5 Å². The molecular formula is C30H42N8O3Si. The second-order valence-corrected chi connectivity index (χ2v) is 18.6. The third kappa shape index (κ3) is 6.34. The zero-order valence-corrected chi connectivity index (χ0v) is 26.4. The lowest BCUT2D eigenvalue weighted by Gasteiger charge is -2.38. The normalized spacial score (nSPS) is 17.8. The first-order valence-electron chi connectivity index (χ1n) is 14.7. The molecule has 5 rings (SSSR count). The molecule has 1 aliphatic heterocycles. The van der Waals surface area contributed by atoms with E-state index in [0.29, 0.717) is 35.6 Å². The van der Waals surface area contributed by atoms with Crippen LogP contribution in [0.15, 0.2) is 36.8 Å². The number of aromatic nitrogens is 5. The van der Waals surface area contributed by atoms with Gasteiger partial charge in [0.1, 0.15) is 12.5 Å². The SMILES string of the molecule is CC(C)n1cc2ccc([C@@H]3CC[C@@H](C)CN3C(=O)C(=O)Nc3cnc(N)c4cnn(COCC[Si](C)(C)C)c34)cc2n1. The number of ether oxygens (including phenoxy) is 1. The summed E-state index contributed by atoms with van der Waals surface area (Å²) in [4.78, 5) is 33.1. The van der Waals surface area contributed by atoms with Crippen molar-refractivity contribution in [2.75, 3.05) is 24.2 Å². The largest absolute Gasteiger partial charge is 0.383 e. The molecule has 0 unspecified atom stereocenters. The van der Waals surface area contributed by atoms with Crippen LogP contribution in [0.5, 0.6) is 0 Å². The Bertz CT molecular complexity index is 1610. The molecule has 11 nitrogen and oxygen atoms in total. The Kier molecular flexibility index (Phi) is 8.38. The predicted molar refractivity (Wildman–Crippen MR) is 168 cm³/mol. The molecule has 0 saturated carbocycles. The van der Waals surface area contributed by atoms with Crippen LogP contribution < -0.4 is 11.1 Å². The first-order chi connectivity index (χ1) is 19.9. The van der Waals surface area contributed by atoms with E-state index in [-0.39, 0.29) is 24.7 Å². The maximum atomic E-state index is 13.7. The van der Waals surface area contributed by atoms with Crippen molar-refractivity contribution in [3.8, 4) is 0 Å². The average molecular weight is 591 g/mol. The number of pyridine rings is 1. The Labute approximate surface area is 247 Å². The molecular weight excluding hydrogens is 548 g/mol. The van der Waals surface area contributed by atoms with E-state index in [1.165, 1.54) is 6.20 Å². The molecule has 2 amide bonds. The lowest BCUT2D eigenvalue weighted by molar-refractivity contribution is -0.146. The number of carbonyl (C=O) groups excluding carboxylic acids is 2. The maximum absolute atomic E-state index is 13.7. The van der Waals surface area contributed by atoms with Gasteiger partial charge in [-0.2, -0.15) is 10.2 Å². The molecule has 12 heteroatoms. The second kappa shape index (κ2) is 11.8. The van der Waals surface area contributed by atoms with Gasteiger partial charge in [-0.15, -0.1) is 0 Å². The van der Waals surface area contributed by atoms with Gasteiger partial charge in [0, 0.05) is 38.9 Å². The third-order valence-corrected chi connectivity index (χ3v) is 9.60. The van der Waals surface area contributed by atoms with E-state index in [2.05, 4.69) is 55.8 Å². The van der Waals surface area contributed by atoms with Gasteiger partial charge < -0.3 is 20.7 Å². The topological polar surface area (TPSA) is 133 Å². The minimum atomic E-state index is -1.24. The Balaban J connectivity index is 1.37. The quantitative estimate of drug-likeness (QED) is 0.164. The zero-order valence-electron chi connectivity index (χ0n) is 25.4. The van der Waals surface area contributed by atoms with Crippen molar-refractivity contribution in [1.29, 1.82) is 0 Å². The lowest BCUT2D eigenvalue weighted by atomic mass is 9.89. The summed E-state index contributed by atoms with van der Waals surface area (Å²) in [5, 5.41) is 13.6. The van der Waals surface area contributed by atoms with Crippen molar-refractivity contribution in [3.05, 3.63) is 42.4 Å². The van der Waals surface area contributed by atoms with Crippen LogP contribution in [0.1, 0.15) is 51.3 Å². The molecule has 0 radical (unpaired) electrons. The summed E-state index contributed by atoms with van der Waals surface area (Å²) >= 11 is 0. The third-order valence-electron chi connectivity index (χ3n) is 7.90.